The molecule has 3 aliphatic rings. The summed E-state index contributed by atoms with van der Waals surface area (Å²) in [5.74, 6) is 3.51. The first-order valence-corrected chi connectivity index (χ1v) is 13.3. The molecule has 3 saturated carbocycles. The van der Waals surface area contributed by atoms with E-state index >= 15 is 0 Å². The van der Waals surface area contributed by atoms with E-state index in [1.165, 1.54) is 44.9 Å². The molecule has 0 spiro atoms. The number of fused-ring (bicyclic) bond motifs is 1. The number of aliphatic hydroxyl groups is 2. The van der Waals surface area contributed by atoms with Gasteiger partial charge in [0.15, 0.2) is 0 Å². The van der Waals surface area contributed by atoms with Gasteiger partial charge in [0, 0.05) is 6.42 Å². The number of rotatable bonds is 7. The van der Waals surface area contributed by atoms with E-state index < -0.39 is 12.2 Å². The first-order chi connectivity index (χ1) is 15.2. The Morgan fingerprint density at radius 3 is 2.50 bits per heavy atom. The van der Waals surface area contributed by atoms with Crippen molar-refractivity contribution in [3.8, 4) is 0 Å². The molecule has 3 rings (SSSR count). The molecule has 2 heteroatoms. The van der Waals surface area contributed by atoms with Crippen molar-refractivity contribution in [1.82, 2.24) is 0 Å². The first kappa shape index (κ1) is 25.5. The van der Waals surface area contributed by atoms with Gasteiger partial charge >= 0.3 is 0 Å². The van der Waals surface area contributed by atoms with Crippen LogP contribution in [0.25, 0.3) is 0 Å². The second-order valence-corrected chi connectivity index (χ2v) is 11.3. The van der Waals surface area contributed by atoms with Crippen LogP contribution in [0.2, 0.25) is 0 Å². The minimum absolute atomic E-state index is 0.382. The summed E-state index contributed by atoms with van der Waals surface area (Å²) in [6, 6.07) is 0. The van der Waals surface area contributed by atoms with Crippen molar-refractivity contribution >= 4 is 0 Å². The highest BCUT2D eigenvalue weighted by atomic mass is 16.3. The molecule has 0 saturated heterocycles. The van der Waals surface area contributed by atoms with Crippen LogP contribution in [-0.4, -0.2) is 22.4 Å². The van der Waals surface area contributed by atoms with Gasteiger partial charge in [-0.05, 0) is 84.7 Å². The molecule has 0 aromatic heterocycles. The lowest BCUT2D eigenvalue weighted by Crippen LogP contribution is -2.35. The zero-order chi connectivity index (χ0) is 23.5. The van der Waals surface area contributed by atoms with Gasteiger partial charge in [0.25, 0.3) is 0 Å². The van der Waals surface area contributed by atoms with Crippen LogP contribution in [0.4, 0.5) is 0 Å². The van der Waals surface area contributed by atoms with E-state index in [1.807, 2.05) is 0 Å². The molecule has 32 heavy (non-hydrogen) atoms. The summed E-state index contributed by atoms with van der Waals surface area (Å²) in [5, 5.41) is 20.2. The van der Waals surface area contributed by atoms with Crippen molar-refractivity contribution in [2.24, 2.45) is 35.0 Å². The Labute approximate surface area is 197 Å². The van der Waals surface area contributed by atoms with E-state index in [-0.39, 0.29) is 0 Å². The van der Waals surface area contributed by atoms with Crippen LogP contribution in [-0.2, 0) is 0 Å². The monoisotopic (exact) mass is 440 g/mol. The van der Waals surface area contributed by atoms with Crippen LogP contribution in [0, 0.1) is 35.0 Å². The zero-order valence-corrected chi connectivity index (χ0v) is 21.3. The van der Waals surface area contributed by atoms with Crippen molar-refractivity contribution in [3.63, 3.8) is 0 Å². The Morgan fingerprint density at radius 2 is 1.81 bits per heavy atom. The van der Waals surface area contributed by atoms with E-state index in [4.69, 9.17) is 0 Å². The fraction of sp³-hybridized carbons (Fsp3) is 0.733. The predicted octanol–water partition coefficient (Wildman–Crippen LogP) is 7.39. The first-order valence-electron chi connectivity index (χ1n) is 13.3. The van der Waals surface area contributed by atoms with Crippen molar-refractivity contribution in [1.29, 1.82) is 0 Å². The molecule has 0 aromatic carbocycles. The minimum atomic E-state index is -0.606. The number of hydrogen-bond donors (Lipinski definition) is 2. The van der Waals surface area contributed by atoms with Crippen LogP contribution in [0.1, 0.15) is 92.4 Å². The van der Waals surface area contributed by atoms with Crippen LogP contribution in [0.5, 0.6) is 0 Å². The highest BCUT2D eigenvalue weighted by Gasteiger charge is 2.50. The van der Waals surface area contributed by atoms with Gasteiger partial charge in [-0.3, -0.25) is 0 Å². The zero-order valence-electron chi connectivity index (χ0n) is 21.3. The topological polar surface area (TPSA) is 40.5 Å². The maximum absolute atomic E-state index is 10.2. The lowest BCUT2D eigenvalue weighted by molar-refractivity contribution is 0.0862. The van der Waals surface area contributed by atoms with Gasteiger partial charge in [-0.15, -0.1) is 0 Å². The van der Waals surface area contributed by atoms with Crippen molar-refractivity contribution in [2.45, 2.75) is 105 Å². The molecular formula is C30H48O2. The van der Waals surface area contributed by atoms with E-state index in [2.05, 4.69) is 65.5 Å². The van der Waals surface area contributed by atoms with Gasteiger partial charge in [-0.2, -0.15) is 0 Å². The van der Waals surface area contributed by atoms with Gasteiger partial charge < -0.3 is 10.2 Å². The standard InChI is InChI=1S/C30H48O2/c1-7-23(8-2)20(3)11-12-21(4)27-15-16-28-24(10-9-17-30(27,28)6)13-14-25-18-26(31)19-29(32)22(25)5/h11-14,20-21,23,26-29,31-32H,5,7-10,15-19H2,1-4,6H3/b12-11+,24-13+,25-14+/t20-,21+,26+,27+,28-,29-,30+/m0/s1. The van der Waals surface area contributed by atoms with Gasteiger partial charge in [0.05, 0.1) is 12.2 Å². The summed E-state index contributed by atoms with van der Waals surface area (Å²) >= 11 is 0. The second kappa shape index (κ2) is 10.9. The number of aliphatic hydroxyl groups excluding tert-OH is 2. The van der Waals surface area contributed by atoms with Crippen molar-refractivity contribution in [2.75, 3.05) is 0 Å². The summed E-state index contributed by atoms with van der Waals surface area (Å²) in [7, 11) is 0. The lowest BCUT2D eigenvalue weighted by Gasteiger charge is -2.44. The molecule has 2 N–H and O–H groups in total. The third-order valence-electron chi connectivity index (χ3n) is 9.45. The Morgan fingerprint density at radius 1 is 1.09 bits per heavy atom. The highest BCUT2D eigenvalue weighted by molar-refractivity contribution is 5.38. The Hall–Kier alpha value is -1.12. The molecule has 2 nitrogen and oxygen atoms in total. The largest absolute Gasteiger partial charge is 0.393 e. The van der Waals surface area contributed by atoms with Crippen LogP contribution in [0.15, 0.2) is 47.6 Å². The molecule has 180 valence electrons. The van der Waals surface area contributed by atoms with E-state index in [9.17, 15) is 10.2 Å². The normalized spacial score (nSPS) is 38.1. The summed E-state index contributed by atoms with van der Waals surface area (Å²) in [6.07, 6.45) is 18.4. The SMILES string of the molecule is C=C1/C(=C/C=C2\CCC[C@]3(C)[C@@H]([C@H](C)/C=C/[C@H](C)C(CC)CC)CC[C@@H]23)C[C@@H](O)C[C@@H]1O. The molecule has 3 fully saturated rings. The molecular weight excluding hydrogens is 392 g/mol. The molecule has 0 radical (unpaired) electrons. The Kier molecular flexibility index (Phi) is 8.66. The fourth-order valence-electron chi connectivity index (χ4n) is 7.28. The number of allylic oxidation sites excluding steroid dienone is 5. The highest BCUT2D eigenvalue weighted by Crippen LogP contribution is 2.59. The smallest absolute Gasteiger partial charge is 0.0811 e. The fourth-order valence-corrected chi connectivity index (χ4v) is 7.28. The molecule has 0 aromatic rings. The van der Waals surface area contributed by atoms with Crippen LogP contribution < -0.4 is 0 Å². The average Bonchev–Trinajstić information content (AvgIpc) is 3.12. The maximum atomic E-state index is 10.2. The number of hydrogen-bond acceptors (Lipinski definition) is 2. The van der Waals surface area contributed by atoms with E-state index in [0.717, 1.165) is 23.0 Å². The minimum Gasteiger partial charge on any atom is -0.393 e. The summed E-state index contributed by atoms with van der Waals surface area (Å²) < 4.78 is 0. The Bertz CT molecular complexity index is 740. The van der Waals surface area contributed by atoms with Crippen LogP contribution >= 0.6 is 0 Å². The van der Waals surface area contributed by atoms with Gasteiger partial charge in [-0.1, -0.05) is 83.9 Å². The molecule has 7 atom stereocenters. The quantitative estimate of drug-likeness (QED) is 0.405. The second-order valence-electron chi connectivity index (χ2n) is 11.3. The summed E-state index contributed by atoms with van der Waals surface area (Å²) in [4.78, 5) is 0. The van der Waals surface area contributed by atoms with Gasteiger partial charge in [-0.25, -0.2) is 0 Å². The van der Waals surface area contributed by atoms with E-state index in [0.29, 0.717) is 36.0 Å². The lowest BCUT2D eigenvalue weighted by atomic mass is 9.61. The van der Waals surface area contributed by atoms with Crippen molar-refractivity contribution < 1.29 is 10.2 Å². The average molecular weight is 441 g/mol. The molecule has 0 unspecified atom stereocenters. The molecule has 0 bridgehead atoms. The van der Waals surface area contributed by atoms with Gasteiger partial charge in [0.1, 0.15) is 0 Å². The van der Waals surface area contributed by atoms with Gasteiger partial charge in [0.2, 0.25) is 0 Å². The third-order valence-corrected chi connectivity index (χ3v) is 9.45. The molecule has 0 amide bonds. The third kappa shape index (κ3) is 5.33. The molecule has 0 aliphatic heterocycles. The van der Waals surface area contributed by atoms with Crippen LogP contribution in [0.3, 0.4) is 0 Å². The maximum Gasteiger partial charge on any atom is 0.0811 e. The molecule has 0 heterocycles. The predicted molar refractivity (Wildman–Crippen MR) is 136 cm³/mol. The summed E-state index contributed by atoms with van der Waals surface area (Å²) in [5.41, 5.74) is 3.78. The van der Waals surface area contributed by atoms with E-state index in [1.54, 1.807) is 5.57 Å². The van der Waals surface area contributed by atoms with Crippen molar-refractivity contribution in [3.05, 3.63) is 47.6 Å². The summed E-state index contributed by atoms with van der Waals surface area (Å²) in [6.45, 7) is 16.1. The molecule has 3 aliphatic carbocycles. The Balaban J connectivity index is 1.74.